The number of hydrogen-bond donors (Lipinski definition) is 1. The van der Waals surface area contributed by atoms with E-state index < -0.39 is 11.8 Å². The van der Waals surface area contributed by atoms with Crippen LogP contribution in [0.15, 0.2) is 0 Å². The zero-order chi connectivity index (χ0) is 15.1. The third-order valence-electron chi connectivity index (χ3n) is 4.15. The Balaban J connectivity index is 1.64. The highest BCUT2D eigenvalue weighted by atomic mass is 16.2. The molecule has 6 nitrogen and oxygen atoms in total. The molecule has 0 spiro atoms. The fraction of sp³-hybridized carbons (Fsp3) is 0.800. The number of nitrogens with zero attached hydrogens (tertiary/aromatic N) is 2. The number of nitrogens with one attached hydrogen (secondary N) is 1. The Hall–Kier alpha value is -1.59. The molecule has 6 heteroatoms. The van der Waals surface area contributed by atoms with Gasteiger partial charge in [0.05, 0.1) is 0 Å². The van der Waals surface area contributed by atoms with Crippen molar-refractivity contribution >= 4 is 17.7 Å². The summed E-state index contributed by atoms with van der Waals surface area (Å²) >= 11 is 0. The van der Waals surface area contributed by atoms with E-state index in [2.05, 4.69) is 5.32 Å². The molecule has 2 heterocycles. The summed E-state index contributed by atoms with van der Waals surface area (Å²) in [6, 6.07) is 0. The molecule has 0 radical (unpaired) electrons. The molecule has 118 valence electrons. The van der Waals surface area contributed by atoms with E-state index in [0.29, 0.717) is 39.0 Å². The van der Waals surface area contributed by atoms with Crippen LogP contribution in [0.2, 0.25) is 0 Å². The highest BCUT2D eigenvalue weighted by Gasteiger charge is 2.22. The van der Waals surface area contributed by atoms with Crippen molar-refractivity contribution in [2.24, 2.45) is 0 Å². The van der Waals surface area contributed by atoms with Crippen LogP contribution in [0.1, 0.15) is 44.9 Å². The molecule has 0 atom stereocenters. The van der Waals surface area contributed by atoms with Crippen molar-refractivity contribution < 1.29 is 14.4 Å². The van der Waals surface area contributed by atoms with Crippen LogP contribution in [0.4, 0.5) is 0 Å². The molecule has 1 N–H and O–H groups in total. The van der Waals surface area contributed by atoms with Crippen molar-refractivity contribution in [1.82, 2.24) is 15.1 Å². The van der Waals surface area contributed by atoms with E-state index in [1.165, 1.54) is 0 Å². The largest absolute Gasteiger partial charge is 0.348 e. The molecule has 2 aliphatic heterocycles. The fourth-order valence-corrected chi connectivity index (χ4v) is 2.91. The van der Waals surface area contributed by atoms with Crippen molar-refractivity contribution in [2.75, 3.05) is 32.7 Å². The highest BCUT2D eigenvalue weighted by Crippen LogP contribution is 2.10. The second kappa shape index (κ2) is 8.00. The number of hydrogen-bond acceptors (Lipinski definition) is 3. The topological polar surface area (TPSA) is 69.7 Å². The Morgan fingerprint density at radius 1 is 1.00 bits per heavy atom. The summed E-state index contributed by atoms with van der Waals surface area (Å²) in [6.07, 6.45) is 6.50. The van der Waals surface area contributed by atoms with Crippen molar-refractivity contribution in [1.29, 1.82) is 0 Å². The summed E-state index contributed by atoms with van der Waals surface area (Å²) in [7, 11) is 0. The van der Waals surface area contributed by atoms with Gasteiger partial charge >= 0.3 is 11.8 Å². The molecule has 0 aromatic rings. The normalized spacial score (nSPS) is 19.5. The van der Waals surface area contributed by atoms with Gasteiger partial charge in [0.25, 0.3) is 0 Å². The first-order valence-corrected chi connectivity index (χ1v) is 8.03. The number of rotatable bonds is 4. The van der Waals surface area contributed by atoms with Gasteiger partial charge < -0.3 is 15.1 Å². The molecule has 2 saturated heterocycles. The first-order chi connectivity index (χ1) is 10.2. The van der Waals surface area contributed by atoms with Crippen LogP contribution in [0.25, 0.3) is 0 Å². The van der Waals surface area contributed by atoms with E-state index >= 15 is 0 Å². The second-order valence-corrected chi connectivity index (χ2v) is 5.80. The molecule has 2 aliphatic rings. The van der Waals surface area contributed by atoms with Crippen LogP contribution in [0.5, 0.6) is 0 Å². The zero-order valence-corrected chi connectivity index (χ0v) is 12.6. The Labute approximate surface area is 125 Å². The molecule has 3 amide bonds. The smallest absolute Gasteiger partial charge is 0.311 e. The molecule has 2 fully saturated rings. The van der Waals surface area contributed by atoms with E-state index in [0.717, 1.165) is 38.6 Å². The fourth-order valence-electron chi connectivity index (χ4n) is 2.91. The first kappa shape index (κ1) is 15.8. The van der Waals surface area contributed by atoms with Gasteiger partial charge in [-0.2, -0.15) is 0 Å². The molecule has 21 heavy (non-hydrogen) atoms. The van der Waals surface area contributed by atoms with E-state index in [4.69, 9.17) is 0 Å². The second-order valence-electron chi connectivity index (χ2n) is 5.80. The number of carbonyl (C=O) groups excluding carboxylic acids is 3. The Bertz CT molecular complexity index is 390. The van der Waals surface area contributed by atoms with E-state index in [9.17, 15) is 14.4 Å². The van der Waals surface area contributed by atoms with Gasteiger partial charge in [0.1, 0.15) is 0 Å². The molecular weight excluding hydrogens is 270 g/mol. The van der Waals surface area contributed by atoms with Crippen molar-refractivity contribution in [3.05, 3.63) is 0 Å². The van der Waals surface area contributed by atoms with Gasteiger partial charge in [-0.25, -0.2) is 0 Å². The lowest BCUT2D eigenvalue weighted by molar-refractivity contribution is -0.145. The minimum absolute atomic E-state index is 0.196. The van der Waals surface area contributed by atoms with E-state index in [1.54, 1.807) is 4.90 Å². The van der Waals surface area contributed by atoms with E-state index in [-0.39, 0.29) is 5.91 Å². The average Bonchev–Trinajstić information content (AvgIpc) is 2.74. The maximum absolute atomic E-state index is 12.0. The summed E-state index contributed by atoms with van der Waals surface area (Å²) in [5.74, 6) is -0.722. The molecule has 0 unspecified atom stereocenters. The summed E-state index contributed by atoms with van der Waals surface area (Å²) in [5, 5.41) is 2.67. The van der Waals surface area contributed by atoms with Crippen LogP contribution in [0.3, 0.4) is 0 Å². The Morgan fingerprint density at radius 3 is 2.33 bits per heavy atom. The zero-order valence-electron chi connectivity index (χ0n) is 12.6. The first-order valence-electron chi connectivity index (χ1n) is 8.03. The lowest BCUT2D eigenvalue weighted by atomic mass is 10.2. The van der Waals surface area contributed by atoms with Crippen molar-refractivity contribution in [2.45, 2.75) is 44.9 Å². The number of amides is 3. The molecule has 0 aliphatic carbocycles. The van der Waals surface area contributed by atoms with Crippen LogP contribution < -0.4 is 5.32 Å². The lowest BCUT2D eigenvalue weighted by Crippen LogP contribution is -2.44. The van der Waals surface area contributed by atoms with Crippen LogP contribution >= 0.6 is 0 Å². The third kappa shape index (κ3) is 4.72. The summed E-state index contributed by atoms with van der Waals surface area (Å²) in [4.78, 5) is 38.7. The minimum Gasteiger partial charge on any atom is -0.348 e. The quantitative estimate of drug-likeness (QED) is 0.607. The molecule has 0 aromatic heterocycles. The van der Waals surface area contributed by atoms with Crippen LogP contribution in [0, 0.1) is 0 Å². The van der Waals surface area contributed by atoms with Gasteiger partial charge in [-0.1, -0.05) is 12.8 Å². The van der Waals surface area contributed by atoms with Crippen molar-refractivity contribution in [3.63, 3.8) is 0 Å². The standard InChI is InChI=1S/C15H25N3O3/c19-13-7-5-11-17(13)12-6-8-16-14(20)15(21)18-9-3-1-2-4-10-18/h1-12H2,(H,16,20). The van der Waals surface area contributed by atoms with Gasteiger partial charge in [0, 0.05) is 39.1 Å². The minimum atomic E-state index is -0.510. The summed E-state index contributed by atoms with van der Waals surface area (Å²) in [6.45, 7) is 3.31. The lowest BCUT2D eigenvalue weighted by Gasteiger charge is -2.20. The van der Waals surface area contributed by atoms with Gasteiger partial charge in [0.15, 0.2) is 0 Å². The predicted octanol–water partition coefficient (Wildman–Crippen LogP) is 0.518. The Kier molecular flexibility index (Phi) is 6.02. The summed E-state index contributed by atoms with van der Waals surface area (Å²) in [5.41, 5.74) is 0. The summed E-state index contributed by atoms with van der Waals surface area (Å²) < 4.78 is 0. The molecular formula is C15H25N3O3. The number of likely N-dealkylation sites (tertiary alicyclic amines) is 2. The Morgan fingerprint density at radius 2 is 1.71 bits per heavy atom. The SMILES string of the molecule is O=C(NCCCN1CCCC1=O)C(=O)N1CCCCCC1. The van der Waals surface area contributed by atoms with Gasteiger partial charge in [-0.05, 0) is 25.7 Å². The molecule has 0 bridgehead atoms. The van der Waals surface area contributed by atoms with Crippen LogP contribution in [-0.2, 0) is 14.4 Å². The number of carbonyl (C=O) groups is 3. The van der Waals surface area contributed by atoms with E-state index in [1.807, 2.05) is 4.90 Å². The average molecular weight is 295 g/mol. The molecule has 0 aromatic carbocycles. The monoisotopic (exact) mass is 295 g/mol. The predicted molar refractivity (Wildman–Crippen MR) is 78.5 cm³/mol. The highest BCUT2D eigenvalue weighted by molar-refractivity contribution is 6.35. The van der Waals surface area contributed by atoms with Gasteiger partial charge in [0.2, 0.25) is 5.91 Å². The maximum atomic E-state index is 12.0. The maximum Gasteiger partial charge on any atom is 0.311 e. The van der Waals surface area contributed by atoms with Crippen molar-refractivity contribution in [3.8, 4) is 0 Å². The van der Waals surface area contributed by atoms with Gasteiger partial charge in [-0.3, -0.25) is 14.4 Å². The molecule has 0 saturated carbocycles. The van der Waals surface area contributed by atoms with Crippen LogP contribution in [-0.4, -0.2) is 60.2 Å². The molecule has 2 rings (SSSR count). The van der Waals surface area contributed by atoms with Gasteiger partial charge in [-0.15, -0.1) is 0 Å². The third-order valence-corrected chi connectivity index (χ3v) is 4.15.